The number of rotatable bonds is 7. The Labute approximate surface area is 155 Å². The van der Waals surface area contributed by atoms with Gasteiger partial charge in [-0.05, 0) is 44.2 Å². The molecule has 2 aromatic carbocycles. The maximum atomic E-state index is 12.6. The molecule has 5 nitrogen and oxygen atoms in total. The molecular weight excluding hydrogens is 324 g/mol. The molecule has 2 aromatic rings. The zero-order chi connectivity index (χ0) is 19.1. The lowest BCUT2D eigenvalue weighted by Crippen LogP contribution is -3.15. The van der Waals surface area contributed by atoms with Crippen LogP contribution >= 0.6 is 0 Å². The average molecular weight is 351 g/mol. The second-order valence-corrected chi connectivity index (χ2v) is 6.65. The summed E-state index contributed by atoms with van der Waals surface area (Å²) in [6, 6.07) is 17.3. The van der Waals surface area contributed by atoms with Gasteiger partial charge in [-0.15, -0.1) is 0 Å². The first-order valence-electron chi connectivity index (χ1n) is 8.86. The molecule has 1 unspecified atom stereocenters. The average Bonchev–Trinajstić information content (AvgIpc) is 2.66. The van der Waals surface area contributed by atoms with Crippen molar-refractivity contribution in [2.45, 2.75) is 26.4 Å². The number of hydrogen-bond donors (Lipinski definition) is 2. The Morgan fingerprint density at radius 1 is 1.23 bits per heavy atom. The van der Waals surface area contributed by atoms with Crippen LogP contribution < -0.4 is 15.1 Å². The third-order valence-electron chi connectivity index (χ3n) is 4.60. The van der Waals surface area contributed by atoms with E-state index in [9.17, 15) is 4.79 Å². The van der Waals surface area contributed by atoms with Gasteiger partial charge in [0.1, 0.15) is 6.54 Å². The molecule has 136 valence electrons. The van der Waals surface area contributed by atoms with Crippen molar-refractivity contribution in [3.63, 3.8) is 0 Å². The largest absolute Gasteiger partial charge is 0.378 e. The predicted molar refractivity (Wildman–Crippen MR) is 105 cm³/mol. The standard InChI is InChI=1S/C21H26N4O/c1-5-25(15-17-9-11-20(12-10-17)24(3)4)16(2)21(26)23-19-8-6-7-18(13-19)14-22/h6-13,16H,5,15H2,1-4H3,(H,23,26)/p+1/t16-/m0/s1. The second kappa shape index (κ2) is 9.02. The van der Waals surface area contributed by atoms with E-state index in [0.717, 1.165) is 18.8 Å². The van der Waals surface area contributed by atoms with Crippen LogP contribution in [-0.4, -0.2) is 32.6 Å². The number of likely N-dealkylation sites (N-methyl/N-ethyl adjacent to an activating group) is 1. The van der Waals surface area contributed by atoms with E-state index in [4.69, 9.17) is 5.26 Å². The van der Waals surface area contributed by atoms with Gasteiger partial charge in [0.25, 0.3) is 5.91 Å². The van der Waals surface area contributed by atoms with Gasteiger partial charge in [0.05, 0.1) is 18.2 Å². The summed E-state index contributed by atoms with van der Waals surface area (Å²) in [5.74, 6) is -0.0400. The minimum absolute atomic E-state index is 0.0400. The molecule has 0 bridgehead atoms. The van der Waals surface area contributed by atoms with Gasteiger partial charge in [0.15, 0.2) is 6.04 Å². The van der Waals surface area contributed by atoms with E-state index in [1.807, 2.05) is 21.0 Å². The van der Waals surface area contributed by atoms with Gasteiger partial charge >= 0.3 is 0 Å². The molecule has 0 spiro atoms. The first-order chi connectivity index (χ1) is 12.4. The van der Waals surface area contributed by atoms with Crippen LogP contribution in [0, 0.1) is 11.3 Å². The molecule has 0 aliphatic rings. The van der Waals surface area contributed by atoms with Gasteiger partial charge in [-0.2, -0.15) is 5.26 Å². The summed E-state index contributed by atoms with van der Waals surface area (Å²) in [6.45, 7) is 5.67. The highest BCUT2D eigenvalue weighted by atomic mass is 16.2. The fraction of sp³-hybridized carbons (Fsp3) is 0.333. The molecule has 0 saturated heterocycles. The van der Waals surface area contributed by atoms with Crippen molar-refractivity contribution in [3.8, 4) is 6.07 Å². The van der Waals surface area contributed by atoms with E-state index in [-0.39, 0.29) is 11.9 Å². The first kappa shape index (κ1) is 19.5. The van der Waals surface area contributed by atoms with E-state index in [1.165, 1.54) is 10.5 Å². The van der Waals surface area contributed by atoms with Gasteiger partial charge in [-0.3, -0.25) is 4.79 Å². The summed E-state index contributed by atoms with van der Waals surface area (Å²) < 4.78 is 0. The summed E-state index contributed by atoms with van der Waals surface area (Å²) in [5, 5.41) is 11.9. The summed E-state index contributed by atoms with van der Waals surface area (Å²) in [7, 11) is 4.04. The summed E-state index contributed by atoms with van der Waals surface area (Å²) in [4.78, 5) is 15.9. The highest BCUT2D eigenvalue weighted by Gasteiger charge is 2.24. The van der Waals surface area contributed by atoms with Crippen LogP contribution in [0.5, 0.6) is 0 Å². The third kappa shape index (κ3) is 5.08. The predicted octanol–water partition coefficient (Wildman–Crippen LogP) is 2.06. The van der Waals surface area contributed by atoms with Crippen LogP contribution in [0.15, 0.2) is 48.5 Å². The zero-order valence-corrected chi connectivity index (χ0v) is 15.9. The normalized spacial score (nSPS) is 12.7. The van der Waals surface area contributed by atoms with Gasteiger partial charge in [0.2, 0.25) is 0 Å². The van der Waals surface area contributed by atoms with Crippen LogP contribution in [0.1, 0.15) is 25.0 Å². The monoisotopic (exact) mass is 351 g/mol. The molecular formula is C21H27N4O+. The number of carbonyl (C=O) groups excluding carboxylic acids is 1. The molecule has 0 aliphatic carbocycles. The first-order valence-corrected chi connectivity index (χ1v) is 8.86. The van der Waals surface area contributed by atoms with Crippen LogP contribution in [0.4, 0.5) is 11.4 Å². The molecule has 1 amide bonds. The quantitative estimate of drug-likeness (QED) is 0.803. The molecule has 2 rings (SSSR count). The Kier molecular flexibility index (Phi) is 6.76. The number of nitrogens with zero attached hydrogens (tertiary/aromatic N) is 2. The van der Waals surface area contributed by atoms with Crippen molar-refractivity contribution >= 4 is 17.3 Å². The maximum Gasteiger partial charge on any atom is 0.282 e. The minimum atomic E-state index is -0.195. The summed E-state index contributed by atoms with van der Waals surface area (Å²) >= 11 is 0. The van der Waals surface area contributed by atoms with E-state index >= 15 is 0 Å². The van der Waals surface area contributed by atoms with Crippen LogP contribution in [0.2, 0.25) is 0 Å². The lowest BCUT2D eigenvalue weighted by atomic mass is 10.1. The van der Waals surface area contributed by atoms with Gasteiger partial charge in [-0.1, -0.05) is 18.2 Å². The van der Waals surface area contributed by atoms with Crippen LogP contribution in [-0.2, 0) is 11.3 Å². The molecule has 5 heteroatoms. The molecule has 0 fully saturated rings. The molecule has 0 heterocycles. The summed E-state index contributed by atoms with van der Waals surface area (Å²) in [5.41, 5.74) is 3.57. The van der Waals surface area contributed by atoms with Crippen molar-refractivity contribution in [2.75, 3.05) is 30.9 Å². The van der Waals surface area contributed by atoms with E-state index in [2.05, 4.69) is 47.5 Å². The van der Waals surface area contributed by atoms with Crippen LogP contribution in [0.25, 0.3) is 0 Å². The minimum Gasteiger partial charge on any atom is -0.378 e. The Hall–Kier alpha value is -2.84. The van der Waals surface area contributed by atoms with Crippen molar-refractivity contribution < 1.29 is 9.69 Å². The topological polar surface area (TPSA) is 60.6 Å². The van der Waals surface area contributed by atoms with Crippen molar-refractivity contribution in [3.05, 3.63) is 59.7 Å². The Balaban J connectivity index is 2.03. The highest BCUT2D eigenvalue weighted by Crippen LogP contribution is 2.12. The van der Waals surface area contributed by atoms with E-state index in [1.54, 1.807) is 24.3 Å². The summed E-state index contributed by atoms with van der Waals surface area (Å²) in [6.07, 6.45) is 0. The van der Waals surface area contributed by atoms with Gasteiger partial charge < -0.3 is 15.1 Å². The van der Waals surface area contributed by atoms with E-state index < -0.39 is 0 Å². The number of nitrogens with one attached hydrogen (secondary N) is 2. The Bertz CT molecular complexity index is 777. The van der Waals surface area contributed by atoms with E-state index in [0.29, 0.717) is 11.3 Å². The SMILES string of the molecule is CC[NH+](Cc1ccc(N(C)C)cc1)[C@@H](C)C(=O)Nc1cccc(C#N)c1. The van der Waals surface area contributed by atoms with Crippen molar-refractivity contribution in [1.82, 2.24) is 0 Å². The molecule has 2 atom stereocenters. The smallest absolute Gasteiger partial charge is 0.282 e. The molecule has 26 heavy (non-hydrogen) atoms. The second-order valence-electron chi connectivity index (χ2n) is 6.65. The molecule has 0 aliphatic heterocycles. The number of quaternary nitrogens is 1. The Morgan fingerprint density at radius 3 is 2.50 bits per heavy atom. The molecule has 0 radical (unpaired) electrons. The number of anilines is 2. The number of benzene rings is 2. The molecule has 2 N–H and O–H groups in total. The fourth-order valence-corrected chi connectivity index (χ4v) is 2.86. The zero-order valence-electron chi connectivity index (χ0n) is 15.9. The third-order valence-corrected chi connectivity index (χ3v) is 4.60. The number of carbonyl (C=O) groups is 1. The Morgan fingerprint density at radius 2 is 1.92 bits per heavy atom. The number of amides is 1. The lowest BCUT2D eigenvalue weighted by molar-refractivity contribution is -0.925. The highest BCUT2D eigenvalue weighted by molar-refractivity contribution is 5.93. The number of hydrogen-bond acceptors (Lipinski definition) is 3. The molecule has 0 saturated carbocycles. The van der Waals surface area contributed by atoms with Gasteiger partial charge in [-0.25, -0.2) is 0 Å². The fourth-order valence-electron chi connectivity index (χ4n) is 2.86. The van der Waals surface area contributed by atoms with Crippen molar-refractivity contribution in [1.29, 1.82) is 5.26 Å². The van der Waals surface area contributed by atoms with Crippen molar-refractivity contribution in [2.24, 2.45) is 0 Å². The maximum absolute atomic E-state index is 12.6. The van der Waals surface area contributed by atoms with Gasteiger partial charge in [0, 0.05) is 31.0 Å². The lowest BCUT2D eigenvalue weighted by Gasteiger charge is -2.24. The van der Waals surface area contributed by atoms with Crippen LogP contribution in [0.3, 0.4) is 0 Å². The number of nitriles is 1. The molecule has 0 aromatic heterocycles.